The van der Waals surface area contributed by atoms with Crippen LogP contribution in [0.5, 0.6) is 5.75 Å². The first kappa shape index (κ1) is 23.7. The number of aromatic nitrogens is 4. The third kappa shape index (κ3) is 3.74. The number of benzene rings is 3. The molecule has 3 aromatic carbocycles. The number of nitrogens with one attached hydrogen (secondary N) is 2. The van der Waals surface area contributed by atoms with E-state index in [1.807, 2.05) is 20.8 Å². The summed E-state index contributed by atoms with van der Waals surface area (Å²) in [5.41, 5.74) is 7.75. The number of nitrogens with zero attached hydrogens (tertiary/aromatic N) is 4. The van der Waals surface area contributed by atoms with Crippen molar-refractivity contribution in [2.75, 3.05) is 38.2 Å². The Morgan fingerprint density at radius 1 is 0.897 bits per heavy atom. The summed E-state index contributed by atoms with van der Waals surface area (Å²) >= 11 is 0. The van der Waals surface area contributed by atoms with Gasteiger partial charge in [-0.3, -0.25) is 0 Å². The number of aryl methyl sites for hydroxylation is 3. The van der Waals surface area contributed by atoms with E-state index >= 15 is 0 Å². The molecule has 8 heteroatoms. The molecule has 7 rings (SSSR count). The molecule has 1 aliphatic heterocycles. The minimum absolute atomic E-state index is 0.720. The highest BCUT2D eigenvalue weighted by Crippen LogP contribution is 2.42. The molecule has 0 atom stereocenters. The lowest BCUT2D eigenvalue weighted by molar-refractivity contribution is 0.393. The smallest absolute Gasteiger partial charge is 0.142 e. The summed E-state index contributed by atoms with van der Waals surface area (Å²) in [5, 5.41) is 12.0. The molecule has 196 valence electrons. The molecule has 0 saturated carbocycles. The summed E-state index contributed by atoms with van der Waals surface area (Å²) < 4.78 is 11.4. The van der Waals surface area contributed by atoms with E-state index in [-0.39, 0.29) is 0 Å². The first-order valence-corrected chi connectivity index (χ1v) is 13.3. The molecule has 1 saturated heterocycles. The number of anilines is 1. The molecular weight excluding hydrogens is 488 g/mol. The minimum atomic E-state index is 0.720. The van der Waals surface area contributed by atoms with Gasteiger partial charge in [0.2, 0.25) is 0 Å². The van der Waals surface area contributed by atoms with Crippen LogP contribution in [0.3, 0.4) is 0 Å². The Morgan fingerprint density at radius 2 is 1.69 bits per heavy atom. The van der Waals surface area contributed by atoms with Crippen molar-refractivity contribution in [2.45, 2.75) is 20.8 Å². The summed E-state index contributed by atoms with van der Waals surface area (Å²) in [4.78, 5) is 15.8. The highest BCUT2D eigenvalue weighted by molar-refractivity contribution is 6.16. The SMILES string of the molecule is COc1cc2c(cc1-c1c(C)noc1C)[nH]c1nc(C)nc(-c3cccc4c(N5CCNCC5)cccc34)c12. The van der Waals surface area contributed by atoms with Crippen LogP contribution in [0.25, 0.3) is 55.1 Å². The number of piperazine rings is 1. The number of aromatic amines is 1. The second kappa shape index (κ2) is 9.10. The van der Waals surface area contributed by atoms with Crippen LogP contribution in [-0.4, -0.2) is 53.4 Å². The molecule has 4 heterocycles. The molecule has 39 heavy (non-hydrogen) atoms. The number of methoxy groups -OCH3 is 1. The number of H-pyrrole nitrogens is 1. The normalized spacial score (nSPS) is 14.1. The monoisotopic (exact) mass is 518 g/mol. The average molecular weight is 519 g/mol. The second-order valence-electron chi connectivity index (χ2n) is 10.2. The van der Waals surface area contributed by atoms with E-state index in [1.165, 1.54) is 16.5 Å². The Morgan fingerprint density at radius 3 is 2.46 bits per heavy atom. The topological polar surface area (TPSA) is 92.1 Å². The summed E-state index contributed by atoms with van der Waals surface area (Å²) in [7, 11) is 1.70. The summed E-state index contributed by atoms with van der Waals surface area (Å²) in [6.07, 6.45) is 0. The van der Waals surface area contributed by atoms with E-state index in [1.54, 1.807) is 7.11 Å². The standard InChI is InChI=1S/C31H30N6O2/c1-17-28(18(2)39-36-17)24-15-25-23(16-27(24)38-4)29-30(33-19(3)34-31(29)35-25)22-9-5-8-21-20(22)7-6-10-26(21)37-13-11-32-12-14-37/h5-10,15-16,32H,11-14H2,1-4H3,(H,33,34,35). The van der Waals surface area contributed by atoms with Crippen molar-refractivity contribution in [3.63, 3.8) is 0 Å². The van der Waals surface area contributed by atoms with Gasteiger partial charge < -0.3 is 24.5 Å². The maximum Gasteiger partial charge on any atom is 0.142 e. The number of hydrogen-bond donors (Lipinski definition) is 2. The Kier molecular flexibility index (Phi) is 5.52. The van der Waals surface area contributed by atoms with Crippen molar-refractivity contribution in [2.24, 2.45) is 0 Å². The summed E-state index contributed by atoms with van der Waals surface area (Å²) in [5.74, 6) is 2.23. The molecule has 0 amide bonds. The van der Waals surface area contributed by atoms with Crippen LogP contribution < -0.4 is 15.0 Å². The summed E-state index contributed by atoms with van der Waals surface area (Å²) in [6.45, 7) is 9.80. The van der Waals surface area contributed by atoms with Gasteiger partial charge in [-0.05, 0) is 44.4 Å². The molecule has 3 aromatic heterocycles. The van der Waals surface area contributed by atoms with Gasteiger partial charge in [0.15, 0.2) is 0 Å². The van der Waals surface area contributed by atoms with Gasteiger partial charge in [-0.1, -0.05) is 35.5 Å². The zero-order chi connectivity index (χ0) is 26.7. The van der Waals surface area contributed by atoms with Gasteiger partial charge in [0, 0.05) is 59.3 Å². The van der Waals surface area contributed by atoms with Crippen LogP contribution >= 0.6 is 0 Å². The first-order chi connectivity index (χ1) is 19.0. The van der Waals surface area contributed by atoms with Gasteiger partial charge in [-0.15, -0.1) is 0 Å². The molecule has 0 unspecified atom stereocenters. The van der Waals surface area contributed by atoms with Crippen LogP contribution in [0.2, 0.25) is 0 Å². The molecule has 1 aliphatic rings. The maximum atomic E-state index is 5.89. The van der Waals surface area contributed by atoms with Crippen LogP contribution in [0, 0.1) is 20.8 Å². The zero-order valence-electron chi connectivity index (χ0n) is 22.6. The third-order valence-electron chi connectivity index (χ3n) is 7.80. The van der Waals surface area contributed by atoms with E-state index < -0.39 is 0 Å². The molecule has 8 nitrogen and oxygen atoms in total. The second-order valence-corrected chi connectivity index (χ2v) is 10.2. The van der Waals surface area contributed by atoms with Gasteiger partial charge in [0.25, 0.3) is 0 Å². The molecule has 2 N–H and O–H groups in total. The van der Waals surface area contributed by atoms with Crippen LogP contribution in [0.15, 0.2) is 53.1 Å². The third-order valence-corrected chi connectivity index (χ3v) is 7.80. The fraction of sp³-hybridized carbons (Fsp3) is 0.258. The Hall–Kier alpha value is -4.43. The van der Waals surface area contributed by atoms with Crippen molar-refractivity contribution in [3.8, 4) is 28.1 Å². The lowest BCUT2D eigenvalue weighted by Gasteiger charge is -2.30. The van der Waals surface area contributed by atoms with Gasteiger partial charge in [0.05, 0.1) is 29.4 Å². The van der Waals surface area contributed by atoms with Crippen LogP contribution in [0.1, 0.15) is 17.3 Å². The van der Waals surface area contributed by atoms with Crippen LogP contribution in [-0.2, 0) is 0 Å². The highest BCUT2D eigenvalue weighted by atomic mass is 16.5. The quantitative estimate of drug-likeness (QED) is 0.299. The number of rotatable bonds is 4. The minimum Gasteiger partial charge on any atom is -0.496 e. The van der Waals surface area contributed by atoms with E-state index in [2.05, 4.69) is 68.9 Å². The predicted octanol–water partition coefficient (Wildman–Crippen LogP) is 5.93. The van der Waals surface area contributed by atoms with Crippen molar-refractivity contribution in [1.82, 2.24) is 25.4 Å². The van der Waals surface area contributed by atoms with Gasteiger partial charge >= 0.3 is 0 Å². The van der Waals surface area contributed by atoms with Gasteiger partial charge in [0.1, 0.15) is 23.0 Å². The number of ether oxygens (including phenoxy) is 1. The van der Waals surface area contributed by atoms with Gasteiger partial charge in [-0.25, -0.2) is 9.97 Å². The maximum absolute atomic E-state index is 5.89. The van der Waals surface area contributed by atoms with E-state index in [9.17, 15) is 0 Å². The van der Waals surface area contributed by atoms with Crippen molar-refractivity contribution in [3.05, 3.63) is 65.8 Å². The molecule has 0 radical (unpaired) electrons. The molecule has 0 spiro atoms. The molecule has 1 fully saturated rings. The van der Waals surface area contributed by atoms with E-state index in [0.29, 0.717) is 0 Å². The van der Waals surface area contributed by atoms with Crippen LogP contribution in [0.4, 0.5) is 5.69 Å². The molecule has 0 bridgehead atoms. The predicted molar refractivity (Wildman–Crippen MR) is 156 cm³/mol. The van der Waals surface area contributed by atoms with E-state index in [0.717, 1.165) is 93.5 Å². The zero-order valence-corrected chi connectivity index (χ0v) is 22.6. The first-order valence-electron chi connectivity index (χ1n) is 13.3. The lowest BCUT2D eigenvalue weighted by Crippen LogP contribution is -2.43. The summed E-state index contributed by atoms with van der Waals surface area (Å²) in [6, 6.07) is 17.3. The fourth-order valence-electron chi connectivity index (χ4n) is 6.04. The molecule has 6 aromatic rings. The Labute approximate surface area is 226 Å². The van der Waals surface area contributed by atoms with E-state index in [4.69, 9.17) is 19.2 Å². The molecule has 0 aliphatic carbocycles. The number of hydrogen-bond acceptors (Lipinski definition) is 7. The van der Waals surface area contributed by atoms with Crippen molar-refractivity contribution < 1.29 is 9.26 Å². The van der Waals surface area contributed by atoms with Crippen molar-refractivity contribution >= 4 is 38.4 Å². The number of fused-ring (bicyclic) bond motifs is 4. The fourth-order valence-corrected chi connectivity index (χ4v) is 6.04. The average Bonchev–Trinajstić information content (AvgIpc) is 3.49. The molecular formula is C31H30N6O2. The highest BCUT2D eigenvalue weighted by Gasteiger charge is 2.22. The largest absolute Gasteiger partial charge is 0.496 e. The van der Waals surface area contributed by atoms with Crippen molar-refractivity contribution in [1.29, 1.82) is 0 Å². The Balaban J connectivity index is 1.49. The lowest BCUT2D eigenvalue weighted by atomic mass is 9.96. The Bertz CT molecular complexity index is 1860. The van der Waals surface area contributed by atoms with Gasteiger partial charge in [-0.2, -0.15) is 0 Å².